The van der Waals surface area contributed by atoms with E-state index in [1.165, 1.54) is 22.4 Å². The van der Waals surface area contributed by atoms with E-state index in [0.29, 0.717) is 24.3 Å². The Morgan fingerprint density at radius 1 is 1.07 bits per heavy atom. The predicted octanol–water partition coefficient (Wildman–Crippen LogP) is 6.87. The van der Waals surface area contributed by atoms with Crippen molar-refractivity contribution in [3.8, 4) is 0 Å². The van der Waals surface area contributed by atoms with Crippen LogP contribution in [0.1, 0.15) is 89.8 Å². The second-order valence-electron chi connectivity index (χ2n) is 14.2. The summed E-state index contributed by atoms with van der Waals surface area (Å²) in [5.41, 5.74) is 5.51. The molecule has 6 nitrogen and oxygen atoms in total. The van der Waals surface area contributed by atoms with E-state index in [4.69, 9.17) is 16.6 Å². The van der Waals surface area contributed by atoms with Gasteiger partial charge in [0.2, 0.25) is 5.91 Å². The number of amides is 1. The summed E-state index contributed by atoms with van der Waals surface area (Å²) in [4.78, 5) is 26.3. The maximum absolute atomic E-state index is 13.6. The number of hydrogen-bond donors (Lipinski definition) is 1. The molecular formula is C35H53BrClN5O. The highest BCUT2D eigenvalue weighted by Gasteiger charge is 2.41. The summed E-state index contributed by atoms with van der Waals surface area (Å²) in [7, 11) is 0. The first-order valence-electron chi connectivity index (χ1n) is 16.8. The minimum atomic E-state index is 0.0537. The van der Waals surface area contributed by atoms with E-state index < -0.39 is 0 Å². The van der Waals surface area contributed by atoms with Gasteiger partial charge in [0.15, 0.2) is 0 Å². The van der Waals surface area contributed by atoms with Crippen molar-refractivity contribution in [1.29, 1.82) is 0 Å². The molecule has 0 spiro atoms. The number of halogens is 2. The third-order valence-corrected chi connectivity index (χ3v) is 11.0. The Kier molecular flexibility index (Phi) is 11.5. The van der Waals surface area contributed by atoms with Crippen LogP contribution in [0.2, 0.25) is 5.02 Å². The number of fused-ring (bicyclic) bond motifs is 1. The highest BCUT2D eigenvalue weighted by molar-refractivity contribution is 9.09. The quantitative estimate of drug-likeness (QED) is 0.254. The Morgan fingerprint density at radius 3 is 2.49 bits per heavy atom. The van der Waals surface area contributed by atoms with E-state index in [1.54, 1.807) is 0 Å². The molecule has 238 valence electrons. The molecule has 1 aromatic rings. The number of aryl methyl sites for hydroxylation is 1. The van der Waals surface area contributed by atoms with Crippen molar-refractivity contribution < 1.29 is 4.79 Å². The maximum Gasteiger partial charge on any atom is 0.223 e. The third kappa shape index (κ3) is 7.95. The largest absolute Gasteiger partial charge is 0.337 e. The van der Waals surface area contributed by atoms with Gasteiger partial charge in [0.05, 0.1) is 11.7 Å². The Bertz CT molecular complexity index is 1170. The fourth-order valence-electron chi connectivity index (χ4n) is 7.97. The molecule has 3 saturated heterocycles. The van der Waals surface area contributed by atoms with Crippen LogP contribution in [-0.4, -0.2) is 90.0 Å². The number of aliphatic imine (C=N–C) groups is 1. The van der Waals surface area contributed by atoms with Crippen LogP contribution in [0, 0.1) is 11.3 Å². The lowest BCUT2D eigenvalue weighted by atomic mass is 9.82. The Hall–Kier alpha value is -1.25. The SMILES string of the molecule is CCC1=C(N=CCBr)C(N2CCC(N3CCN(C(=O)CC4CCNCC4)C(C(C)(C)C)C3)CC2)c2ccc(Cl)cc2CC1. The Balaban J connectivity index is 1.29. The Morgan fingerprint density at radius 2 is 1.81 bits per heavy atom. The molecule has 8 heteroatoms. The van der Waals surface area contributed by atoms with Crippen molar-refractivity contribution in [3.63, 3.8) is 0 Å². The lowest BCUT2D eigenvalue weighted by molar-refractivity contribution is -0.142. The number of piperidine rings is 2. The summed E-state index contributed by atoms with van der Waals surface area (Å²) in [6, 6.07) is 7.48. The van der Waals surface area contributed by atoms with E-state index in [-0.39, 0.29) is 17.5 Å². The number of likely N-dealkylation sites (tertiary alicyclic amines) is 1. The van der Waals surface area contributed by atoms with Crippen molar-refractivity contribution in [2.45, 2.75) is 97.2 Å². The van der Waals surface area contributed by atoms with Crippen molar-refractivity contribution in [3.05, 3.63) is 45.6 Å². The van der Waals surface area contributed by atoms with Gasteiger partial charge in [-0.25, -0.2) is 0 Å². The first-order valence-corrected chi connectivity index (χ1v) is 18.3. The molecule has 2 atom stereocenters. The lowest BCUT2D eigenvalue weighted by Crippen LogP contribution is -2.62. The van der Waals surface area contributed by atoms with Gasteiger partial charge in [-0.2, -0.15) is 0 Å². The van der Waals surface area contributed by atoms with Crippen LogP contribution in [0.4, 0.5) is 0 Å². The lowest BCUT2D eigenvalue weighted by Gasteiger charge is -2.51. The number of benzene rings is 1. The van der Waals surface area contributed by atoms with Gasteiger partial charge in [-0.15, -0.1) is 0 Å². The molecule has 2 unspecified atom stereocenters. The third-order valence-electron chi connectivity index (χ3n) is 10.5. The van der Waals surface area contributed by atoms with Gasteiger partial charge in [0, 0.05) is 67.8 Å². The molecule has 0 aromatic heterocycles. The normalized spacial score (nSPS) is 25.8. The Labute approximate surface area is 273 Å². The van der Waals surface area contributed by atoms with Crippen LogP contribution in [0.5, 0.6) is 0 Å². The zero-order valence-electron chi connectivity index (χ0n) is 26.9. The molecular weight excluding hydrogens is 622 g/mol. The molecule has 3 heterocycles. The minimum absolute atomic E-state index is 0.0537. The summed E-state index contributed by atoms with van der Waals surface area (Å²) in [5.74, 6) is 0.913. The second-order valence-corrected chi connectivity index (χ2v) is 15.3. The van der Waals surface area contributed by atoms with Crippen LogP contribution in [0.25, 0.3) is 0 Å². The van der Waals surface area contributed by atoms with Gasteiger partial charge < -0.3 is 10.2 Å². The predicted molar refractivity (Wildman–Crippen MR) is 183 cm³/mol. The molecule has 1 aliphatic carbocycles. The summed E-state index contributed by atoms with van der Waals surface area (Å²) in [6.45, 7) is 16.3. The van der Waals surface area contributed by atoms with E-state index in [1.807, 2.05) is 6.21 Å². The minimum Gasteiger partial charge on any atom is -0.337 e. The summed E-state index contributed by atoms with van der Waals surface area (Å²) < 4.78 is 0. The van der Waals surface area contributed by atoms with Crippen LogP contribution in [0.3, 0.4) is 0 Å². The van der Waals surface area contributed by atoms with Crippen LogP contribution in [-0.2, 0) is 11.2 Å². The van der Waals surface area contributed by atoms with Crippen LogP contribution >= 0.6 is 27.5 Å². The van der Waals surface area contributed by atoms with Crippen molar-refractivity contribution in [1.82, 2.24) is 20.0 Å². The van der Waals surface area contributed by atoms with Crippen molar-refractivity contribution in [2.24, 2.45) is 16.3 Å². The first-order chi connectivity index (χ1) is 20.7. The first kappa shape index (κ1) is 33.1. The standard InChI is InChI=1S/C35H53BrClN5O/c1-5-26-6-7-27-23-28(37)8-9-30(27)34(33(26)39-17-14-36)40-18-12-29(13-19-40)41-20-21-42(31(24-41)35(2,3)4)32(43)22-25-10-15-38-16-11-25/h8-9,17,23,25,29,31,34,38H,5-7,10-16,18-22,24H2,1-4H3. The molecule has 3 fully saturated rings. The average molecular weight is 675 g/mol. The van der Waals surface area contributed by atoms with Gasteiger partial charge in [0.25, 0.3) is 0 Å². The average Bonchev–Trinajstić information content (AvgIpc) is 3.15. The summed E-state index contributed by atoms with van der Waals surface area (Å²) in [6.07, 6.45) is 10.4. The molecule has 0 bridgehead atoms. The van der Waals surface area contributed by atoms with Crippen LogP contribution in [0.15, 0.2) is 34.5 Å². The molecule has 4 aliphatic rings. The van der Waals surface area contributed by atoms with E-state index in [0.717, 1.165) is 101 Å². The number of carbonyl (C=O) groups excluding carboxylic acids is 1. The highest BCUT2D eigenvalue weighted by atomic mass is 79.9. The van der Waals surface area contributed by atoms with Crippen molar-refractivity contribution >= 4 is 39.7 Å². The van der Waals surface area contributed by atoms with Crippen molar-refractivity contribution in [2.75, 3.05) is 51.1 Å². The number of hydrogen-bond acceptors (Lipinski definition) is 5. The smallest absolute Gasteiger partial charge is 0.223 e. The monoisotopic (exact) mass is 673 g/mol. The van der Waals surface area contributed by atoms with E-state index in [9.17, 15) is 4.79 Å². The number of piperazine rings is 1. The van der Waals surface area contributed by atoms with Gasteiger partial charge in [0.1, 0.15) is 0 Å². The molecule has 1 aromatic carbocycles. The summed E-state index contributed by atoms with van der Waals surface area (Å²) >= 11 is 10.1. The topological polar surface area (TPSA) is 51.2 Å². The molecule has 3 aliphatic heterocycles. The summed E-state index contributed by atoms with van der Waals surface area (Å²) in [5, 5.41) is 5.03. The van der Waals surface area contributed by atoms with Gasteiger partial charge >= 0.3 is 0 Å². The molecule has 0 saturated carbocycles. The number of nitrogens with zero attached hydrogens (tertiary/aromatic N) is 4. The number of nitrogens with one attached hydrogen (secondary N) is 1. The molecule has 43 heavy (non-hydrogen) atoms. The maximum atomic E-state index is 13.6. The van der Waals surface area contributed by atoms with E-state index >= 15 is 0 Å². The van der Waals surface area contributed by atoms with Gasteiger partial charge in [-0.1, -0.05) is 61.3 Å². The highest BCUT2D eigenvalue weighted by Crippen LogP contribution is 2.41. The molecule has 1 N–H and O–H groups in total. The number of rotatable bonds is 7. The molecule has 5 rings (SSSR count). The fourth-order valence-corrected chi connectivity index (χ4v) is 8.31. The van der Waals surface area contributed by atoms with Gasteiger partial charge in [-0.05, 0) is 98.2 Å². The number of allylic oxidation sites excluding steroid dienone is 1. The van der Waals surface area contributed by atoms with Gasteiger partial charge in [-0.3, -0.25) is 19.6 Å². The zero-order valence-corrected chi connectivity index (χ0v) is 29.2. The second kappa shape index (κ2) is 14.9. The number of alkyl halides is 1. The molecule has 0 radical (unpaired) electrons. The van der Waals surface area contributed by atoms with Crippen LogP contribution < -0.4 is 5.32 Å². The number of carbonyl (C=O) groups is 1. The van der Waals surface area contributed by atoms with E-state index in [2.05, 4.69) is 81.8 Å². The zero-order chi connectivity index (χ0) is 30.6. The molecule has 1 amide bonds. The fraction of sp³-hybridized carbons (Fsp3) is 0.714.